The van der Waals surface area contributed by atoms with E-state index in [1.807, 2.05) is 37.3 Å². The number of aromatic nitrogens is 3. The Morgan fingerprint density at radius 3 is 2.75 bits per heavy atom. The van der Waals surface area contributed by atoms with Gasteiger partial charge in [0.1, 0.15) is 0 Å². The summed E-state index contributed by atoms with van der Waals surface area (Å²) in [6.45, 7) is 2.01. The van der Waals surface area contributed by atoms with Crippen molar-refractivity contribution < 1.29 is 9.90 Å². The van der Waals surface area contributed by atoms with Gasteiger partial charge >= 0.3 is 5.97 Å². The summed E-state index contributed by atoms with van der Waals surface area (Å²) in [5.74, 6) is -0.643. The Hall–Kier alpha value is -2.02. The molecule has 1 aromatic heterocycles. The Morgan fingerprint density at radius 2 is 2.10 bits per heavy atom. The molecule has 0 amide bonds. The van der Waals surface area contributed by atoms with Crippen LogP contribution in [0.5, 0.6) is 0 Å². The number of anilines is 1. The minimum Gasteiger partial charge on any atom is -0.481 e. The first-order valence-electron chi connectivity index (χ1n) is 6.17. The fourth-order valence-electron chi connectivity index (χ4n) is 1.97. The number of nitrogen functional groups attached to an aromatic ring is 1. The molecule has 2 aromatic rings. The first-order chi connectivity index (χ1) is 9.58. The van der Waals surface area contributed by atoms with E-state index in [1.54, 1.807) is 4.57 Å². The lowest BCUT2D eigenvalue weighted by atomic mass is 10.1. The summed E-state index contributed by atoms with van der Waals surface area (Å²) < 4.78 is 1.78. The fourth-order valence-corrected chi connectivity index (χ4v) is 2.74. The molecule has 1 unspecified atom stereocenters. The van der Waals surface area contributed by atoms with Crippen molar-refractivity contribution in [3.05, 3.63) is 35.9 Å². The predicted molar refractivity (Wildman–Crippen MR) is 77.7 cm³/mol. The standard InChI is InChI=1S/C13H16N4O2S/c1-9(7-10-5-3-2-4-6-10)17-12(14)15-16-13(17)20-8-11(18)19/h2-6,9H,7-8H2,1H3,(H2,14,15)(H,18,19). The van der Waals surface area contributed by atoms with Gasteiger partial charge < -0.3 is 10.8 Å². The molecule has 1 heterocycles. The lowest BCUT2D eigenvalue weighted by Gasteiger charge is -2.16. The third-order valence-electron chi connectivity index (χ3n) is 2.83. The lowest BCUT2D eigenvalue weighted by Crippen LogP contribution is -2.13. The van der Waals surface area contributed by atoms with E-state index in [0.717, 1.165) is 18.2 Å². The number of aliphatic carboxylic acids is 1. The second-order valence-corrected chi connectivity index (χ2v) is 5.37. The Morgan fingerprint density at radius 1 is 1.40 bits per heavy atom. The zero-order chi connectivity index (χ0) is 14.5. The summed E-state index contributed by atoms with van der Waals surface area (Å²) in [6.07, 6.45) is 0.781. The Bertz CT molecular complexity index is 585. The molecule has 20 heavy (non-hydrogen) atoms. The third kappa shape index (κ3) is 3.51. The summed E-state index contributed by atoms with van der Waals surface area (Å²) in [4.78, 5) is 10.6. The number of nitrogens with zero attached hydrogens (tertiary/aromatic N) is 3. The van der Waals surface area contributed by atoms with Crippen molar-refractivity contribution >= 4 is 23.7 Å². The summed E-state index contributed by atoms with van der Waals surface area (Å²) >= 11 is 1.12. The second-order valence-electron chi connectivity index (χ2n) is 4.43. The zero-order valence-electron chi connectivity index (χ0n) is 11.1. The molecule has 0 bridgehead atoms. The smallest absolute Gasteiger partial charge is 0.313 e. The molecule has 0 fully saturated rings. The minimum absolute atomic E-state index is 0.0590. The van der Waals surface area contributed by atoms with Crippen LogP contribution in [-0.2, 0) is 11.2 Å². The number of hydrogen-bond donors (Lipinski definition) is 2. The van der Waals surface area contributed by atoms with E-state index < -0.39 is 5.97 Å². The molecule has 0 aliphatic rings. The molecule has 106 valence electrons. The Labute approximate surface area is 121 Å². The lowest BCUT2D eigenvalue weighted by molar-refractivity contribution is -0.133. The van der Waals surface area contributed by atoms with Crippen LogP contribution in [0.25, 0.3) is 0 Å². The van der Waals surface area contributed by atoms with Crippen LogP contribution in [0.1, 0.15) is 18.5 Å². The molecular weight excluding hydrogens is 276 g/mol. The van der Waals surface area contributed by atoms with Gasteiger partial charge in [0, 0.05) is 6.04 Å². The van der Waals surface area contributed by atoms with E-state index in [0.29, 0.717) is 11.1 Å². The molecule has 6 nitrogen and oxygen atoms in total. The van der Waals surface area contributed by atoms with Crippen LogP contribution in [-0.4, -0.2) is 31.6 Å². The molecule has 0 aliphatic carbocycles. The van der Waals surface area contributed by atoms with Crippen molar-refractivity contribution in [3.8, 4) is 0 Å². The van der Waals surface area contributed by atoms with Gasteiger partial charge in [-0.15, -0.1) is 10.2 Å². The SMILES string of the molecule is CC(Cc1ccccc1)n1c(N)nnc1SCC(=O)O. The van der Waals surface area contributed by atoms with Crippen LogP contribution in [0.3, 0.4) is 0 Å². The van der Waals surface area contributed by atoms with Crippen molar-refractivity contribution in [2.24, 2.45) is 0 Å². The molecule has 7 heteroatoms. The highest BCUT2D eigenvalue weighted by Gasteiger charge is 2.17. The number of nitrogens with two attached hydrogens (primary N) is 1. The number of thioether (sulfide) groups is 1. The average Bonchev–Trinajstić information content (AvgIpc) is 2.78. The summed E-state index contributed by atoms with van der Waals surface area (Å²) in [7, 11) is 0. The van der Waals surface area contributed by atoms with Gasteiger partial charge in [-0.2, -0.15) is 0 Å². The van der Waals surface area contributed by atoms with Crippen molar-refractivity contribution in [2.75, 3.05) is 11.5 Å². The minimum atomic E-state index is -0.890. The van der Waals surface area contributed by atoms with E-state index in [4.69, 9.17) is 10.8 Å². The van der Waals surface area contributed by atoms with Crippen LogP contribution in [0.4, 0.5) is 5.95 Å². The molecule has 3 N–H and O–H groups in total. The molecule has 0 spiro atoms. The van der Waals surface area contributed by atoms with E-state index in [1.165, 1.54) is 5.56 Å². The monoisotopic (exact) mass is 292 g/mol. The summed E-state index contributed by atoms with van der Waals surface area (Å²) in [6, 6.07) is 10.1. The van der Waals surface area contributed by atoms with E-state index in [9.17, 15) is 4.79 Å². The van der Waals surface area contributed by atoms with Gasteiger partial charge in [-0.1, -0.05) is 42.1 Å². The maximum absolute atomic E-state index is 10.6. The second kappa shape index (κ2) is 6.42. The highest BCUT2D eigenvalue weighted by atomic mass is 32.2. The normalized spacial score (nSPS) is 12.2. The number of carboxylic acid groups (broad SMARTS) is 1. The largest absolute Gasteiger partial charge is 0.481 e. The fraction of sp³-hybridized carbons (Fsp3) is 0.308. The average molecular weight is 292 g/mol. The van der Waals surface area contributed by atoms with Crippen LogP contribution in [0.2, 0.25) is 0 Å². The Kier molecular flexibility index (Phi) is 4.62. The van der Waals surface area contributed by atoms with E-state index in [2.05, 4.69) is 10.2 Å². The maximum Gasteiger partial charge on any atom is 0.313 e. The number of hydrogen-bond acceptors (Lipinski definition) is 5. The molecule has 0 radical (unpaired) electrons. The van der Waals surface area contributed by atoms with Crippen molar-refractivity contribution in [3.63, 3.8) is 0 Å². The topological polar surface area (TPSA) is 94.0 Å². The molecule has 2 rings (SSSR count). The number of benzene rings is 1. The summed E-state index contributed by atoms with van der Waals surface area (Å²) in [5, 5.41) is 17.0. The van der Waals surface area contributed by atoms with Crippen LogP contribution < -0.4 is 5.73 Å². The van der Waals surface area contributed by atoms with Gasteiger partial charge in [-0.25, -0.2) is 0 Å². The molecule has 1 atom stereocenters. The van der Waals surface area contributed by atoms with Crippen LogP contribution >= 0.6 is 11.8 Å². The van der Waals surface area contributed by atoms with Crippen molar-refractivity contribution in [2.45, 2.75) is 24.5 Å². The number of rotatable bonds is 6. The summed E-state index contributed by atoms with van der Waals surface area (Å²) in [5.41, 5.74) is 7.01. The van der Waals surface area contributed by atoms with Crippen LogP contribution in [0.15, 0.2) is 35.5 Å². The van der Waals surface area contributed by atoms with Gasteiger partial charge in [-0.05, 0) is 18.9 Å². The molecule has 0 saturated carbocycles. The predicted octanol–water partition coefficient (Wildman–Crippen LogP) is 1.84. The van der Waals surface area contributed by atoms with Crippen LogP contribution in [0, 0.1) is 0 Å². The quantitative estimate of drug-likeness (QED) is 0.789. The van der Waals surface area contributed by atoms with Gasteiger partial charge in [0.2, 0.25) is 5.95 Å². The van der Waals surface area contributed by atoms with E-state index >= 15 is 0 Å². The molecule has 0 saturated heterocycles. The number of carboxylic acids is 1. The Balaban J connectivity index is 2.14. The first kappa shape index (κ1) is 14.4. The number of carbonyl (C=O) groups is 1. The van der Waals surface area contributed by atoms with Gasteiger partial charge in [0.15, 0.2) is 5.16 Å². The third-order valence-corrected chi connectivity index (χ3v) is 3.76. The maximum atomic E-state index is 10.6. The van der Waals surface area contributed by atoms with Gasteiger partial charge in [0.25, 0.3) is 0 Å². The first-order valence-corrected chi connectivity index (χ1v) is 7.15. The highest BCUT2D eigenvalue weighted by molar-refractivity contribution is 7.99. The molecule has 0 aliphatic heterocycles. The van der Waals surface area contributed by atoms with Gasteiger partial charge in [0.05, 0.1) is 5.75 Å². The van der Waals surface area contributed by atoms with Crippen molar-refractivity contribution in [1.29, 1.82) is 0 Å². The molecular formula is C13H16N4O2S. The van der Waals surface area contributed by atoms with E-state index in [-0.39, 0.29) is 11.8 Å². The molecule has 1 aromatic carbocycles. The zero-order valence-corrected chi connectivity index (χ0v) is 11.9. The van der Waals surface area contributed by atoms with Crippen molar-refractivity contribution in [1.82, 2.24) is 14.8 Å². The highest BCUT2D eigenvalue weighted by Crippen LogP contribution is 2.25. The van der Waals surface area contributed by atoms with Gasteiger partial charge in [-0.3, -0.25) is 9.36 Å².